The van der Waals surface area contributed by atoms with Gasteiger partial charge in [0.05, 0.1) is 13.1 Å². The van der Waals surface area contributed by atoms with Crippen LogP contribution in [0.5, 0.6) is 0 Å². The Bertz CT molecular complexity index is 537. The van der Waals surface area contributed by atoms with E-state index < -0.39 is 17.8 Å². The second-order valence-corrected chi connectivity index (χ2v) is 5.81. The van der Waals surface area contributed by atoms with Gasteiger partial charge in [0.15, 0.2) is 5.78 Å². The molecule has 0 heterocycles. The molecule has 126 valence electrons. The maximum Gasteiger partial charge on any atom is 0.408 e. The lowest BCUT2D eigenvalue weighted by Gasteiger charge is -2.19. The zero-order chi connectivity index (χ0) is 17.3. The molecule has 2 amide bonds. The average Bonchev–Trinajstić information content (AvgIpc) is 2.48. The molecule has 7 nitrogen and oxygen atoms in total. The molecule has 1 aromatic rings. The van der Waals surface area contributed by atoms with Gasteiger partial charge in [-0.25, -0.2) is 9.59 Å². The lowest BCUT2D eigenvalue weighted by atomic mass is 10.2. The van der Waals surface area contributed by atoms with E-state index in [9.17, 15) is 14.4 Å². The smallest absolute Gasteiger partial charge is 0.408 e. The number of alkyl carbamates (subject to hydrolysis) is 2. The van der Waals surface area contributed by atoms with Crippen LogP contribution in [0.1, 0.15) is 26.3 Å². The molecule has 0 fully saturated rings. The topological polar surface area (TPSA) is 93.7 Å². The van der Waals surface area contributed by atoms with Gasteiger partial charge in [0.25, 0.3) is 0 Å². The third-order valence-corrected chi connectivity index (χ3v) is 2.47. The highest BCUT2D eigenvalue weighted by Gasteiger charge is 2.16. The summed E-state index contributed by atoms with van der Waals surface area (Å²) in [5.41, 5.74) is 0.215. The molecular weight excluding hydrogens is 300 g/mol. The van der Waals surface area contributed by atoms with E-state index in [0.29, 0.717) is 0 Å². The number of ketones is 1. The zero-order valence-corrected chi connectivity index (χ0v) is 13.5. The lowest BCUT2D eigenvalue weighted by Crippen LogP contribution is -2.39. The number of ether oxygens (including phenoxy) is 2. The predicted octanol–water partition coefficient (Wildman–Crippen LogP) is 2.01. The van der Waals surface area contributed by atoms with Crippen LogP contribution in [-0.2, 0) is 20.9 Å². The van der Waals surface area contributed by atoms with Crippen molar-refractivity contribution in [3.63, 3.8) is 0 Å². The van der Waals surface area contributed by atoms with Gasteiger partial charge in [-0.3, -0.25) is 4.79 Å². The van der Waals surface area contributed by atoms with Gasteiger partial charge in [-0.2, -0.15) is 0 Å². The van der Waals surface area contributed by atoms with Gasteiger partial charge in [-0.15, -0.1) is 0 Å². The third-order valence-electron chi connectivity index (χ3n) is 2.47. The minimum Gasteiger partial charge on any atom is -0.445 e. The van der Waals surface area contributed by atoms with Gasteiger partial charge in [0, 0.05) is 0 Å². The van der Waals surface area contributed by atoms with Gasteiger partial charge in [-0.05, 0) is 26.3 Å². The number of hydrogen-bond acceptors (Lipinski definition) is 5. The molecule has 7 heteroatoms. The SMILES string of the molecule is CC(C)(C)OC(=O)NCC(=O)CNC(=O)OCc1ccccc1. The number of benzene rings is 1. The molecule has 2 N–H and O–H groups in total. The number of hydrogen-bond donors (Lipinski definition) is 2. The quantitative estimate of drug-likeness (QED) is 0.835. The van der Waals surface area contributed by atoms with E-state index in [2.05, 4.69) is 10.6 Å². The van der Waals surface area contributed by atoms with Crippen molar-refractivity contribution in [1.82, 2.24) is 10.6 Å². The third kappa shape index (κ3) is 9.13. The lowest BCUT2D eigenvalue weighted by molar-refractivity contribution is -0.117. The standard InChI is InChI=1S/C16H22N2O5/c1-16(2,3)23-15(21)18-10-13(19)9-17-14(20)22-11-12-7-5-4-6-8-12/h4-8H,9-11H2,1-3H3,(H,17,20)(H,18,21). The highest BCUT2D eigenvalue weighted by molar-refractivity contribution is 5.87. The van der Waals surface area contributed by atoms with Crippen LogP contribution in [0.3, 0.4) is 0 Å². The Morgan fingerprint density at radius 1 is 0.957 bits per heavy atom. The molecule has 0 saturated carbocycles. The van der Waals surface area contributed by atoms with Crippen molar-refractivity contribution >= 4 is 18.0 Å². The first-order chi connectivity index (χ1) is 10.8. The molecule has 0 aliphatic carbocycles. The Morgan fingerprint density at radius 3 is 2.09 bits per heavy atom. The van der Waals surface area contributed by atoms with E-state index >= 15 is 0 Å². The fourth-order valence-electron chi connectivity index (χ4n) is 1.49. The molecule has 0 radical (unpaired) electrons. The zero-order valence-electron chi connectivity index (χ0n) is 13.5. The van der Waals surface area contributed by atoms with Crippen LogP contribution in [0.25, 0.3) is 0 Å². The van der Waals surface area contributed by atoms with E-state index in [0.717, 1.165) is 5.56 Å². The summed E-state index contributed by atoms with van der Waals surface area (Å²) in [7, 11) is 0. The monoisotopic (exact) mass is 322 g/mol. The van der Waals surface area contributed by atoms with E-state index in [1.165, 1.54) is 0 Å². The molecule has 0 atom stereocenters. The van der Waals surface area contributed by atoms with Crippen molar-refractivity contribution in [3.05, 3.63) is 35.9 Å². The van der Waals surface area contributed by atoms with Gasteiger partial charge >= 0.3 is 12.2 Å². The van der Waals surface area contributed by atoms with Crippen molar-refractivity contribution < 1.29 is 23.9 Å². The van der Waals surface area contributed by atoms with Crippen LogP contribution in [0.4, 0.5) is 9.59 Å². The molecule has 0 spiro atoms. The van der Waals surface area contributed by atoms with Gasteiger partial charge in [-0.1, -0.05) is 30.3 Å². The van der Waals surface area contributed by atoms with Gasteiger partial charge < -0.3 is 20.1 Å². The van der Waals surface area contributed by atoms with Crippen LogP contribution < -0.4 is 10.6 Å². The highest BCUT2D eigenvalue weighted by Crippen LogP contribution is 2.06. The molecule has 0 aliphatic rings. The summed E-state index contributed by atoms with van der Waals surface area (Å²) in [5, 5.41) is 4.64. The van der Waals surface area contributed by atoms with Gasteiger partial charge in [0.2, 0.25) is 0 Å². The normalized spacial score (nSPS) is 10.6. The van der Waals surface area contributed by atoms with Crippen molar-refractivity contribution in [1.29, 1.82) is 0 Å². The second kappa shape index (κ2) is 8.77. The summed E-state index contributed by atoms with van der Waals surface area (Å²) in [6.07, 6.45) is -1.38. The van der Waals surface area contributed by atoms with E-state index in [1.807, 2.05) is 30.3 Å². The van der Waals surface area contributed by atoms with Crippen LogP contribution in [0.15, 0.2) is 30.3 Å². The molecule has 23 heavy (non-hydrogen) atoms. The second-order valence-electron chi connectivity index (χ2n) is 5.81. The van der Waals surface area contributed by atoms with Crippen LogP contribution in [0, 0.1) is 0 Å². The van der Waals surface area contributed by atoms with Gasteiger partial charge in [0.1, 0.15) is 12.2 Å². The molecule has 0 aliphatic heterocycles. The molecule has 1 rings (SSSR count). The number of Topliss-reactive ketones (excluding diaryl/α,β-unsaturated/α-hetero) is 1. The number of nitrogens with one attached hydrogen (secondary N) is 2. The minimum absolute atomic E-state index is 0.122. The molecule has 0 aromatic heterocycles. The molecule has 0 saturated heterocycles. The number of carbonyl (C=O) groups is 3. The summed E-state index contributed by atoms with van der Waals surface area (Å²) in [5.74, 6) is -0.368. The Labute approximate surface area is 135 Å². The summed E-state index contributed by atoms with van der Waals surface area (Å²) in [6, 6.07) is 9.18. The summed E-state index contributed by atoms with van der Waals surface area (Å²) in [6.45, 7) is 4.82. The number of amides is 2. The van der Waals surface area contributed by atoms with Crippen molar-refractivity contribution in [2.24, 2.45) is 0 Å². The Balaban J connectivity index is 2.17. The predicted molar refractivity (Wildman–Crippen MR) is 83.9 cm³/mol. The average molecular weight is 322 g/mol. The van der Waals surface area contributed by atoms with Crippen molar-refractivity contribution in [2.45, 2.75) is 33.0 Å². The molecule has 0 bridgehead atoms. The van der Waals surface area contributed by atoms with E-state index in [4.69, 9.17) is 9.47 Å². The molecule has 1 aromatic carbocycles. The first kappa shape index (κ1) is 18.5. The Morgan fingerprint density at radius 2 is 1.52 bits per heavy atom. The minimum atomic E-state index is -0.695. The number of carbonyl (C=O) groups excluding carboxylic acids is 3. The van der Waals surface area contributed by atoms with Crippen LogP contribution >= 0.6 is 0 Å². The van der Waals surface area contributed by atoms with Crippen LogP contribution in [-0.4, -0.2) is 36.7 Å². The maximum absolute atomic E-state index is 11.6. The molecular formula is C16H22N2O5. The Hall–Kier alpha value is -2.57. The van der Waals surface area contributed by atoms with Crippen LogP contribution in [0.2, 0.25) is 0 Å². The first-order valence-electron chi connectivity index (χ1n) is 7.19. The fourth-order valence-corrected chi connectivity index (χ4v) is 1.49. The number of rotatable bonds is 6. The molecule has 0 unspecified atom stereocenters. The highest BCUT2D eigenvalue weighted by atomic mass is 16.6. The fraction of sp³-hybridized carbons (Fsp3) is 0.438. The van der Waals surface area contributed by atoms with E-state index in [1.54, 1.807) is 20.8 Å². The largest absolute Gasteiger partial charge is 0.445 e. The van der Waals surface area contributed by atoms with Crippen molar-refractivity contribution in [3.8, 4) is 0 Å². The first-order valence-corrected chi connectivity index (χ1v) is 7.19. The summed E-state index contributed by atoms with van der Waals surface area (Å²) < 4.78 is 9.94. The summed E-state index contributed by atoms with van der Waals surface area (Å²) >= 11 is 0. The Kier molecular flexibility index (Phi) is 7.05. The van der Waals surface area contributed by atoms with Crippen molar-refractivity contribution in [2.75, 3.05) is 13.1 Å². The maximum atomic E-state index is 11.6. The summed E-state index contributed by atoms with van der Waals surface area (Å²) in [4.78, 5) is 34.4. The van der Waals surface area contributed by atoms with E-state index in [-0.39, 0.29) is 25.5 Å².